The van der Waals surface area contributed by atoms with Crippen LogP contribution < -0.4 is 76.1 Å². The van der Waals surface area contributed by atoms with E-state index in [1.54, 1.807) is 0 Å². The number of carbonyl (C=O) groups excluding carboxylic acids is 11. The lowest BCUT2D eigenvalue weighted by molar-refractivity contribution is -0.142. The van der Waals surface area contributed by atoms with Crippen molar-refractivity contribution in [1.82, 2.24) is 63.0 Å². The summed E-state index contributed by atoms with van der Waals surface area (Å²) in [5.41, 5.74) is 22.4. The van der Waals surface area contributed by atoms with Gasteiger partial charge in [-0.2, -0.15) is 0 Å². The lowest BCUT2D eigenvalue weighted by atomic mass is 10.0. The first-order chi connectivity index (χ1) is 37.5. The number of amides is 11. The molecular formula is C48H87N17O15. The van der Waals surface area contributed by atoms with E-state index in [4.69, 9.17) is 28.0 Å². The maximum absolute atomic E-state index is 14.0. The molecule has 1 aliphatic rings. The maximum atomic E-state index is 14.0. The monoisotopic (exact) mass is 1140 g/mol. The molecule has 11 amide bonds. The van der Waals surface area contributed by atoms with Crippen LogP contribution in [0.15, 0.2) is 4.99 Å². The predicted molar refractivity (Wildman–Crippen MR) is 288 cm³/mol. The van der Waals surface area contributed by atoms with E-state index in [0.29, 0.717) is 51.6 Å². The number of aliphatic hydroxyl groups is 2. The number of carbonyl (C=O) groups is 12. The molecule has 1 heterocycles. The molecule has 11 unspecified atom stereocenters. The van der Waals surface area contributed by atoms with Crippen LogP contribution in [0.5, 0.6) is 0 Å². The number of aliphatic imine (C=N–C) groups is 1. The molecule has 32 heteroatoms. The van der Waals surface area contributed by atoms with Crippen LogP contribution in [-0.4, -0.2) is 229 Å². The summed E-state index contributed by atoms with van der Waals surface area (Å²) in [6, 6.07) is -13.0. The minimum atomic E-state index is -1.67. The largest absolute Gasteiger partial charge is 0.480 e. The first-order valence-corrected chi connectivity index (χ1v) is 26.5. The summed E-state index contributed by atoms with van der Waals surface area (Å²) in [6.45, 7) is 5.30. The second-order valence-electron chi connectivity index (χ2n) is 19.7. The Hall–Kier alpha value is -7.29. The highest BCUT2D eigenvalue weighted by atomic mass is 16.4. The van der Waals surface area contributed by atoms with Crippen LogP contribution >= 0.6 is 0 Å². The summed E-state index contributed by atoms with van der Waals surface area (Å²) < 4.78 is 0. The summed E-state index contributed by atoms with van der Waals surface area (Å²) >= 11 is 0. The molecule has 0 saturated carbocycles. The summed E-state index contributed by atoms with van der Waals surface area (Å²) in [7, 11) is 3.68. The van der Waals surface area contributed by atoms with E-state index in [0.717, 1.165) is 0 Å². The summed E-state index contributed by atoms with van der Waals surface area (Å²) in [5.74, 6) is -10.7. The van der Waals surface area contributed by atoms with Crippen molar-refractivity contribution in [3.8, 4) is 0 Å². The highest BCUT2D eigenvalue weighted by Crippen LogP contribution is 2.19. The quantitative estimate of drug-likeness (QED) is 0.0156. The number of carboxylic acid groups (broad SMARTS) is 1. The van der Waals surface area contributed by atoms with Gasteiger partial charge in [-0.25, -0.2) is 0 Å². The SMILES string of the molecule is CC(NC(=O)C(N)CCCCN)C(=O)NC(C)C(=O)NC(CCCN=C(N)N)C(=O)NC(CCCCN(C)C)C(=O)NC(CO)C(=O)NC(C)C(=O)N1CCCC1C(=O)NC(C)C(=O)NC(C(=O)NCC(=O)NCC(=O)O)C(C)O. The van der Waals surface area contributed by atoms with Gasteiger partial charge in [0.2, 0.25) is 65.0 Å². The van der Waals surface area contributed by atoms with Crippen molar-refractivity contribution in [2.75, 3.05) is 60.0 Å². The second kappa shape index (κ2) is 36.8. The Morgan fingerprint density at radius 2 is 1.12 bits per heavy atom. The number of unbranched alkanes of at least 4 members (excludes halogenated alkanes) is 2. The van der Waals surface area contributed by atoms with Crippen molar-refractivity contribution < 1.29 is 72.9 Å². The van der Waals surface area contributed by atoms with Gasteiger partial charge in [0.1, 0.15) is 60.9 Å². The van der Waals surface area contributed by atoms with Gasteiger partial charge in [0.05, 0.1) is 25.3 Å². The van der Waals surface area contributed by atoms with Crippen LogP contribution in [0.3, 0.4) is 0 Å². The number of guanidine groups is 1. The average molecular weight is 1140 g/mol. The molecule has 1 fully saturated rings. The van der Waals surface area contributed by atoms with Gasteiger partial charge in [-0.15, -0.1) is 0 Å². The fourth-order valence-electron chi connectivity index (χ4n) is 7.78. The zero-order chi connectivity index (χ0) is 60.8. The number of hydrogen-bond donors (Lipinski definition) is 17. The number of aliphatic carboxylic acids is 1. The Bertz CT molecular complexity index is 2150. The number of nitrogens with two attached hydrogens (primary N) is 4. The van der Waals surface area contributed by atoms with Crippen LogP contribution in [-0.2, 0) is 57.5 Å². The highest BCUT2D eigenvalue weighted by Gasteiger charge is 2.39. The normalized spacial score (nSPS) is 16.7. The number of likely N-dealkylation sites (tertiary alicyclic amines) is 1. The number of rotatable bonds is 37. The van der Waals surface area contributed by atoms with Gasteiger partial charge in [0.15, 0.2) is 5.96 Å². The van der Waals surface area contributed by atoms with Gasteiger partial charge in [0.25, 0.3) is 0 Å². The molecule has 0 aromatic carbocycles. The van der Waals surface area contributed by atoms with Crippen molar-refractivity contribution in [1.29, 1.82) is 0 Å². The number of hydrogen-bond acceptors (Lipinski definition) is 18. The Kier molecular flexibility index (Phi) is 32.5. The Balaban J connectivity index is 3.15. The van der Waals surface area contributed by atoms with Crippen LogP contribution in [0.4, 0.5) is 0 Å². The molecule has 0 radical (unpaired) electrons. The van der Waals surface area contributed by atoms with Gasteiger partial charge in [0, 0.05) is 13.1 Å². The molecule has 0 spiro atoms. The minimum Gasteiger partial charge on any atom is -0.480 e. The first kappa shape index (κ1) is 70.7. The van der Waals surface area contributed by atoms with E-state index in [-0.39, 0.29) is 44.7 Å². The Morgan fingerprint density at radius 1 is 0.613 bits per heavy atom. The molecule has 454 valence electrons. The third kappa shape index (κ3) is 26.6. The summed E-state index contributed by atoms with van der Waals surface area (Å²) in [6.07, 6.45) is 1.68. The average Bonchev–Trinajstić information content (AvgIpc) is 3.89. The van der Waals surface area contributed by atoms with Crippen molar-refractivity contribution in [3.05, 3.63) is 0 Å². The number of carboxylic acids is 1. The molecule has 0 bridgehead atoms. The van der Waals surface area contributed by atoms with Crippen LogP contribution in [0, 0.1) is 0 Å². The number of nitrogens with one attached hydrogen (secondary N) is 10. The maximum Gasteiger partial charge on any atom is 0.322 e. The summed E-state index contributed by atoms with van der Waals surface area (Å²) in [4.78, 5) is 163. The van der Waals surface area contributed by atoms with E-state index in [2.05, 4.69) is 52.8 Å². The van der Waals surface area contributed by atoms with Crippen molar-refractivity contribution >= 4 is 76.9 Å². The number of nitrogens with zero attached hydrogens (tertiary/aromatic N) is 3. The van der Waals surface area contributed by atoms with Crippen molar-refractivity contribution in [2.45, 2.75) is 165 Å². The molecule has 1 rings (SSSR count). The molecule has 11 atom stereocenters. The third-order valence-corrected chi connectivity index (χ3v) is 12.4. The van der Waals surface area contributed by atoms with E-state index >= 15 is 0 Å². The Labute approximate surface area is 464 Å². The third-order valence-electron chi connectivity index (χ3n) is 12.4. The fourth-order valence-corrected chi connectivity index (χ4v) is 7.78. The fraction of sp³-hybridized carbons (Fsp3) is 0.729. The van der Waals surface area contributed by atoms with Gasteiger partial charge in [-0.1, -0.05) is 6.42 Å². The highest BCUT2D eigenvalue weighted by molar-refractivity contribution is 5.99. The molecule has 0 aromatic heterocycles. The van der Waals surface area contributed by atoms with E-state index in [9.17, 15) is 67.7 Å². The van der Waals surface area contributed by atoms with Crippen LogP contribution in [0.1, 0.15) is 98.8 Å². The lowest BCUT2D eigenvalue weighted by Gasteiger charge is -2.29. The molecule has 80 heavy (non-hydrogen) atoms. The smallest absolute Gasteiger partial charge is 0.322 e. The zero-order valence-corrected chi connectivity index (χ0v) is 46.8. The van der Waals surface area contributed by atoms with Crippen LogP contribution in [0.2, 0.25) is 0 Å². The molecular weight excluding hydrogens is 1050 g/mol. The molecule has 1 saturated heterocycles. The standard InChI is InChI=1S/C48H87N17O15/c1-25(57-41(74)30(50)14-8-10-18-49)38(71)56-26(2)39(72)60-32(16-12-19-53-48(51)52)42(75)61-31(15-9-11-20-64(6)7)43(76)62-33(24-66)44(77)59-28(4)47(80)65-21-13-17-34(65)45(78)58-27(3)40(73)63-37(29(5)67)46(79)55-22-35(68)54-23-36(69)70/h25-34,37,66-67H,8-24,49-50H2,1-7H3,(H,54,68)(H,55,79)(H,56,71)(H,57,74)(H,58,78)(H,59,77)(H,60,72)(H,61,75)(H,62,76)(H,63,73)(H,69,70)(H4,51,52,53). The van der Waals surface area contributed by atoms with Gasteiger partial charge in [-0.3, -0.25) is 62.5 Å². The summed E-state index contributed by atoms with van der Waals surface area (Å²) in [5, 5.41) is 53.2. The topological polar surface area (TPSA) is 509 Å². The van der Waals surface area contributed by atoms with Crippen LogP contribution in [0.25, 0.3) is 0 Å². The van der Waals surface area contributed by atoms with E-state index in [1.807, 2.05) is 24.3 Å². The first-order valence-electron chi connectivity index (χ1n) is 26.5. The molecule has 1 aliphatic heterocycles. The lowest BCUT2D eigenvalue weighted by Crippen LogP contribution is -2.60. The predicted octanol–water partition coefficient (Wildman–Crippen LogP) is -8.13. The minimum absolute atomic E-state index is 0.0221. The Morgan fingerprint density at radius 3 is 1.69 bits per heavy atom. The number of aliphatic hydroxyl groups excluding tert-OH is 2. The molecule has 21 N–H and O–H groups in total. The van der Waals surface area contributed by atoms with Crippen molar-refractivity contribution in [2.24, 2.45) is 27.9 Å². The van der Waals surface area contributed by atoms with Gasteiger partial charge in [-0.05, 0) is 120 Å². The molecule has 0 aromatic rings. The van der Waals surface area contributed by atoms with E-state index < -0.39 is 157 Å². The zero-order valence-electron chi connectivity index (χ0n) is 46.8. The van der Waals surface area contributed by atoms with E-state index in [1.165, 1.54) is 39.5 Å². The molecule has 32 nitrogen and oxygen atoms in total. The van der Waals surface area contributed by atoms with Gasteiger partial charge >= 0.3 is 5.97 Å². The molecule has 0 aliphatic carbocycles. The van der Waals surface area contributed by atoms with Crippen molar-refractivity contribution in [3.63, 3.8) is 0 Å². The van der Waals surface area contributed by atoms with Gasteiger partial charge < -0.3 is 101 Å². The second-order valence-corrected chi connectivity index (χ2v) is 19.7.